The molecule has 1 aromatic carbocycles. The van der Waals surface area contributed by atoms with Crippen molar-refractivity contribution in [2.45, 2.75) is 26.9 Å². The molecule has 0 amide bonds. The first-order valence-corrected chi connectivity index (χ1v) is 7.41. The van der Waals surface area contributed by atoms with Crippen molar-refractivity contribution in [3.05, 3.63) is 54.0 Å². The predicted octanol–water partition coefficient (Wildman–Crippen LogP) is 3.42. The number of benzene rings is 1. The van der Waals surface area contributed by atoms with Gasteiger partial charge in [0.25, 0.3) is 0 Å². The highest BCUT2D eigenvalue weighted by molar-refractivity contribution is 5.83. The molecule has 21 heavy (non-hydrogen) atoms. The zero-order valence-corrected chi connectivity index (χ0v) is 12.5. The molecule has 0 spiro atoms. The maximum atomic E-state index is 5.22. The summed E-state index contributed by atoms with van der Waals surface area (Å²) in [7, 11) is 0. The van der Waals surface area contributed by atoms with Gasteiger partial charge in [0.05, 0.1) is 18.3 Å². The summed E-state index contributed by atoms with van der Waals surface area (Å²) in [5, 5.41) is 8.56. The van der Waals surface area contributed by atoms with Crippen molar-refractivity contribution in [2.75, 3.05) is 6.54 Å². The van der Waals surface area contributed by atoms with E-state index in [4.69, 9.17) is 4.52 Å². The van der Waals surface area contributed by atoms with Crippen LogP contribution in [0.3, 0.4) is 0 Å². The molecule has 0 saturated heterocycles. The van der Waals surface area contributed by atoms with Crippen LogP contribution in [0.15, 0.2) is 47.2 Å². The summed E-state index contributed by atoms with van der Waals surface area (Å²) >= 11 is 0. The molecule has 0 aliphatic carbocycles. The Morgan fingerprint density at radius 2 is 2.14 bits per heavy atom. The minimum Gasteiger partial charge on any atom is -0.359 e. The summed E-state index contributed by atoms with van der Waals surface area (Å²) in [6, 6.07) is 10.5. The van der Waals surface area contributed by atoms with Gasteiger partial charge < -0.3 is 14.4 Å². The van der Waals surface area contributed by atoms with Crippen LogP contribution >= 0.6 is 0 Å². The lowest BCUT2D eigenvalue weighted by molar-refractivity contribution is 0.377. The van der Waals surface area contributed by atoms with Crippen molar-refractivity contribution < 1.29 is 4.52 Å². The van der Waals surface area contributed by atoms with Crippen LogP contribution in [-0.2, 0) is 13.1 Å². The third-order valence-electron chi connectivity index (χ3n) is 3.56. The third kappa shape index (κ3) is 3.16. The van der Waals surface area contributed by atoms with E-state index < -0.39 is 0 Å². The van der Waals surface area contributed by atoms with Crippen LogP contribution in [0.5, 0.6) is 0 Å². The average Bonchev–Trinajstić information content (AvgIpc) is 3.10. The van der Waals surface area contributed by atoms with E-state index in [0.29, 0.717) is 12.5 Å². The fourth-order valence-electron chi connectivity index (χ4n) is 2.60. The zero-order valence-electron chi connectivity index (χ0n) is 12.5. The van der Waals surface area contributed by atoms with Gasteiger partial charge in [-0.05, 0) is 29.5 Å². The van der Waals surface area contributed by atoms with Crippen LogP contribution in [0, 0.1) is 5.92 Å². The highest BCUT2D eigenvalue weighted by Crippen LogP contribution is 2.21. The second-order valence-corrected chi connectivity index (χ2v) is 5.80. The fraction of sp³-hybridized carbons (Fsp3) is 0.353. The van der Waals surface area contributed by atoms with Gasteiger partial charge in [0.15, 0.2) is 5.76 Å². The van der Waals surface area contributed by atoms with E-state index in [2.05, 4.69) is 59.4 Å². The highest BCUT2D eigenvalue weighted by Gasteiger charge is 2.08. The molecule has 1 N–H and O–H groups in total. The molecule has 0 aliphatic rings. The monoisotopic (exact) mass is 283 g/mol. The molecule has 2 aromatic heterocycles. The zero-order chi connectivity index (χ0) is 14.7. The van der Waals surface area contributed by atoms with Crippen molar-refractivity contribution in [1.29, 1.82) is 0 Å². The Hall–Kier alpha value is -2.07. The van der Waals surface area contributed by atoms with Crippen LogP contribution in [-0.4, -0.2) is 16.3 Å². The Morgan fingerprint density at radius 3 is 2.90 bits per heavy atom. The molecule has 0 fully saturated rings. The first-order valence-electron chi connectivity index (χ1n) is 7.41. The molecular weight excluding hydrogens is 262 g/mol. The molecule has 3 aromatic rings. The lowest BCUT2D eigenvalue weighted by atomic mass is 10.1. The number of rotatable bonds is 6. The first-order chi connectivity index (χ1) is 10.2. The quantitative estimate of drug-likeness (QED) is 0.753. The van der Waals surface area contributed by atoms with Gasteiger partial charge in [-0.15, -0.1) is 0 Å². The van der Waals surface area contributed by atoms with E-state index >= 15 is 0 Å². The van der Waals surface area contributed by atoms with Crippen LogP contribution in [0.25, 0.3) is 10.9 Å². The number of fused-ring (bicyclic) bond motifs is 1. The number of para-hydroxylation sites is 1. The second-order valence-electron chi connectivity index (χ2n) is 5.80. The molecule has 0 saturated carbocycles. The molecule has 110 valence electrons. The molecule has 0 atom stereocenters. The van der Waals surface area contributed by atoms with Gasteiger partial charge >= 0.3 is 0 Å². The second kappa shape index (κ2) is 6.14. The number of aromatic nitrogens is 2. The van der Waals surface area contributed by atoms with E-state index in [1.807, 2.05) is 6.07 Å². The number of nitrogens with one attached hydrogen (secondary N) is 1. The van der Waals surface area contributed by atoms with E-state index in [0.717, 1.165) is 18.8 Å². The van der Waals surface area contributed by atoms with Gasteiger partial charge in [-0.2, -0.15) is 0 Å². The molecule has 0 bridgehead atoms. The van der Waals surface area contributed by atoms with Crippen molar-refractivity contribution in [3.63, 3.8) is 0 Å². The Kier molecular flexibility index (Phi) is 4.06. The molecule has 0 aliphatic heterocycles. The van der Waals surface area contributed by atoms with Crippen LogP contribution < -0.4 is 5.32 Å². The molecule has 0 unspecified atom stereocenters. The van der Waals surface area contributed by atoms with Crippen LogP contribution in [0.4, 0.5) is 0 Å². The predicted molar refractivity (Wildman–Crippen MR) is 84.1 cm³/mol. The first kappa shape index (κ1) is 13.9. The summed E-state index contributed by atoms with van der Waals surface area (Å²) in [5.74, 6) is 1.53. The van der Waals surface area contributed by atoms with Gasteiger partial charge in [-0.1, -0.05) is 37.2 Å². The summed E-state index contributed by atoms with van der Waals surface area (Å²) < 4.78 is 7.45. The van der Waals surface area contributed by atoms with Crippen LogP contribution in [0.2, 0.25) is 0 Å². The SMILES string of the molecule is CC(C)CNCc1cccc2ccn(Cc3ccno3)c12. The lowest BCUT2D eigenvalue weighted by Crippen LogP contribution is -2.19. The molecule has 4 nitrogen and oxygen atoms in total. The fourth-order valence-corrected chi connectivity index (χ4v) is 2.60. The maximum Gasteiger partial charge on any atom is 0.156 e. The van der Waals surface area contributed by atoms with E-state index in [9.17, 15) is 0 Å². The Labute approximate surface area is 124 Å². The smallest absolute Gasteiger partial charge is 0.156 e. The van der Waals surface area contributed by atoms with Crippen molar-refractivity contribution in [2.24, 2.45) is 5.92 Å². The summed E-state index contributed by atoms with van der Waals surface area (Å²) in [6.45, 7) is 7.07. The topological polar surface area (TPSA) is 43.0 Å². The summed E-state index contributed by atoms with van der Waals surface area (Å²) in [4.78, 5) is 0. The van der Waals surface area contributed by atoms with Gasteiger partial charge in [-0.25, -0.2) is 0 Å². The molecule has 2 heterocycles. The lowest BCUT2D eigenvalue weighted by Gasteiger charge is -2.11. The highest BCUT2D eigenvalue weighted by atomic mass is 16.5. The molecular formula is C17H21N3O. The standard InChI is InChI=1S/C17H21N3O/c1-13(2)10-18-11-15-5-3-4-14-7-9-20(17(14)15)12-16-6-8-19-21-16/h3-9,13,18H,10-12H2,1-2H3. The van der Waals surface area contributed by atoms with Crippen molar-refractivity contribution in [1.82, 2.24) is 15.0 Å². The van der Waals surface area contributed by atoms with Gasteiger partial charge in [0.1, 0.15) is 0 Å². The Balaban J connectivity index is 1.87. The largest absolute Gasteiger partial charge is 0.359 e. The Morgan fingerprint density at radius 1 is 1.24 bits per heavy atom. The van der Waals surface area contributed by atoms with Crippen molar-refractivity contribution >= 4 is 10.9 Å². The van der Waals surface area contributed by atoms with Crippen LogP contribution in [0.1, 0.15) is 25.2 Å². The molecule has 0 radical (unpaired) electrons. The molecule has 4 heteroatoms. The number of hydrogen-bond acceptors (Lipinski definition) is 3. The average molecular weight is 283 g/mol. The maximum absolute atomic E-state index is 5.22. The van der Waals surface area contributed by atoms with E-state index in [1.165, 1.54) is 16.5 Å². The van der Waals surface area contributed by atoms with Gasteiger partial charge in [-0.3, -0.25) is 0 Å². The van der Waals surface area contributed by atoms with Crippen molar-refractivity contribution in [3.8, 4) is 0 Å². The minimum atomic E-state index is 0.658. The minimum absolute atomic E-state index is 0.658. The Bertz CT molecular complexity index is 698. The van der Waals surface area contributed by atoms with Gasteiger partial charge in [0.2, 0.25) is 0 Å². The number of nitrogens with zero attached hydrogens (tertiary/aromatic N) is 2. The van der Waals surface area contributed by atoms with E-state index in [1.54, 1.807) is 6.20 Å². The summed E-state index contributed by atoms with van der Waals surface area (Å²) in [6.07, 6.45) is 3.80. The van der Waals surface area contributed by atoms with Gasteiger partial charge in [0, 0.05) is 18.8 Å². The normalized spacial score (nSPS) is 11.6. The molecule has 3 rings (SSSR count). The third-order valence-corrected chi connectivity index (χ3v) is 3.56. The number of hydrogen-bond donors (Lipinski definition) is 1. The van der Waals surface area contributed by atoms with E-state index in [-0.39, 0.29) is 0 Å². The summed E-state index contributed by atoms with van der Waals surface area (Å²) in [5.41, 5.74) is 2.59.